The first-order valence-electron chi connectivity index (χ1n) is 18.9. The fourth-order valence-corrected chi connectivity index (χ4v) is 7.00. The number of nitrogens with zero attached hydrogens (tertiary/aromatic N) is 3. The van der Waals surface area contributed by atoms with Crippen molar-refractivity contribution < 1.29 is 23.8 Å². The van der Waals surface area contributed by atoms with Crippen molar-refractivity contribution in [3.05, 3.63) is 141 Å². The predicted octanol–water partition coefficient (Wildman–Crippen LogP) is 7.26. The van der Waals surface area contributed by atoms with E-state index in [4.69, 9.17) is 46.4 Å². The Morgan fingerprint density at radius 2 is 1.12 bits per heavy atom. The molecule has 59 heavy (non-hydrogen) atoms. The number of carbonyl (C=O) groups is 2. The molecule has 14 nitrogen and oxygen atoms in total. The van der Waals surface area contributed by atoms with Gasteiger partial charge in [-0.05, 0) is 105 Å². The zero-order valence-corrected chi connectivity index (χ0v) is 35.0. The normalized spacial score (nSPS) is 13.9. The molecule has 0 atom stereocenters. The quantitative estimate of drug-likeness (QED) is 0.0759. The van der Waals surface area contributed by atoms with Crippen LogP contribution in [0.15, 0.2) is 72.8 Å². The van der Waals surface area contributed by atoms with Crippen LogP contribution in [0.2, 0.25) is 20.1 Å². The molecule has 4 aromatic carbocycles. The van der Waals surface area contributed by atoms with E-state index in [1.807, 2.05) is 11.0 Å². The third-order valence-corrected chi connectivity index (χ3v) is 10.3. The van der Waals surface area contributed by atoms with Gasteiger partial charge in [-0.2, -0.15) is 4.39 Å². The molecule has 2 amide bonds. The van der Waals surface area contributed by atoms with Crippen molar-refractivity contribution in [2.24, 2.45) is 0 Å². The molecule has 0 saturated carbocycles. The smallest absolute Gasteiger partial charge is 0.305 e. The van der Waals surface area contributed by atoms with Crippen LogP contribution in [-0.4, -0.2) is 87.1 Å². The third kappa shape index (κ3) is 15.5. The summed E-state index contributed by atoms with van der Waals surface area (Å²) in [5.41, 5.74) is 1.70. The number of rotatable bonds is 11. The highest BCUT2D eigenvalue weighted by atomic mass is 35.5. The zero-order valence-electron chi connectivity index (χ0n) is 32.0. The molecular weight excluding hydrogens is 849 g/mol. The van der Waals surface area contributed by atoms with Crippen LogP contribution in [0.4, 0.5) is 21.5 Å². The van der Waals surface area contributed by atoms with Gasteiger partial charge in [-0.1, -0.05) is 58.5 Å². The summed E-state index contributed by atoms with van der Waals surface area (Å²) in [6.07, 6.45) is 3.18. The molecule has 0 spiro atoms. The van der Waals surface area contributed by atoms with Gasteiger partial charge >= 0.3 is 5.69 Å². The van der Waals surface area contributed by atoms with Crippen LogP contribution in [0.5, 0.6) is 0 Å². The summed E-state index contributed by atoms with van der Waals surface area (Å²) in [5.74, 6) is -1.88. The van der Waals surface area contributed by atoms with Gasteiger partial charge in [0.05, 0.1) is 9.85 Å². The number of halogens is 5. The molecule has 5 N–H and O–H groups in total. The summed E-state index contributed by atoms with van der Waals surface area (Å²) in [5, 5.41) is 39.6. The minimum Gasteiger partial charge on any atom is -0.365 e. The number of amides is 2. The topological polar surface area (TPSA) is 184 Å². The predicted molar refractivity (Wildman–Crippen MR) is 231 cm³/mol. The lowest BCUT2D eigenvalue weighted by Gasteiger charge is -2.22. The Morgan fingerprint density at radius 1 is 0.627 bits per heavy atom. The van der Waals surface area contributed by atoms with Crippen molar-refractivity contribution >= 4 is 75.3 Å². The van der Waals surface area contributed by atoms with Gasteiger partial charge in [-0.25, -0.2) is 0 Å². The lowest BCUT2D eigenvalue weighted by Crippen LogP contribution is -2.29. The average Bonchev–Trinajstić information content (AvgIpc) is 3.69. The number of hydrogen-bond acceptors (Lipinski definition) is 10. The molecule has 2 saturated heterocycles. The molecule has 0 radical (unpaired) electrons. The molecule has 2 aliphatic rings. The van der Waals surface area contributed by atoms with Gasteiger partial charge in [0.1, 0.15) is 5.69 Å². The maximum Gasteiger partial charge on any atom is 0.305 e. The highest BCUT2D eigenvalue weighted by molar-refractivity contribution is 6.35. The average molecular weight is 895 g/mol. The fourth-order valence-electron chi connectivity index (χ4n) is 6.00. The fraction of sp³-hybridized carbons (Fsp3) is 0.350. The lowest BCUT2D eigenvalue weighted by molar-refractivity contribution is -0.387. The monoisotopic (exact) mass is 892 g/mol. The van der Waals surface area contributed by atoms with E-state index in [0.717, 1.165) is 62.4 Å². The number of nitro groups is 2. The van der Waals surface area contributed by atoms with E-state index in [1.165, 1.54) is 31.6 Å². The standard InChI is InChI=1S/C20H22Cl2N4O3.C15H11Cl2FN2O3.C5H12N2/c21-16-4-2-14(17(22)13-16)6-8-24-20(27)15-3-5-18(19(12-15)26(28)29)25-10-1-7-23-9-11-25;16-11-3-1-9(12(17)8-11)5-6-19-15(21)10-2-4-13(18)14(7-10)20(22)23;1-2-6-4-5-7-3-1/h2-5,12-13,23H,1,6-11H2,(H,24,27);1-4,7-8H,5-6H2,(H,19,21);6-7H,1-5H2. The van der Waals surface area contributed by atoms with Crippen molar-refractivity contribution in [2.45, 2.75) is 25.7 Å². The summed E-state index contributed by atoms with van der Waals surface area (Å²) in [6, 6.07) is 17.9. The van der Waals surface area contributed by atoms with E-state index in [1.54, 1.807) is 42.5 Å². The molecule has 6 rings (SSSR count). The molecule has 4 aromatic rings. The highest BCUT2D eigenvalue weighted by Gasteiger charge is 2.23. The first-order chi connectivity index (χ1) is 28.3. The van der Waals surface area contributed by atoms with Gasteiger partial charge in [0.2, 0.25) is 5.82 Å². The molecule has 0 bridgehead atoms. The van der Waals surface area contributed by atoms with Crippen molar-refractivity contribution in [3.63, 3.8) is 0 Å². The molecule has 2 aliphatic heterocycles. The van der Waals surface area contributed by atoms with E-state index in [9.17, 15) is 34.2 Å². The largest absolute Gasteiger partial charge is 0.365 e. The third-order valence-electron chi connectivity index (χ3n) is 9.10. The molecule has 0 aliphatic carbocycles. The molecule has 2 heterocycles. The molecule has 19 heteroatoms. The van der Waals surface area contributed by atoms with Crippen LogP contribution < -0.4 is 31.5 Å². The van der Waals surface area contributed by atoms with E-state index >= 15 is 0 Å². The maximum absolute atomic E-state index is 13.2. The van der Waals surface area contributed by atoms with Crippen LogP contribution in [0, 0.1) is 26.0 Å². The number of carbonyl (C=O) groups excluding carboxylic acids is 2. The second kappa shape index (κ2) is 24.5. The van der Waals surface area contributed by atoms with Gasteiger partial charge in [-0.15, -0.1) is 0 Å². The Balaban J connectivity index is 0.000000227. The Morgan fingerprint density at radius 3 is 1.64 bits per heavy atom. The van der Waals surface area contributed by atoms with Crippen molar-refractivity contribution in [3.8, 4) is 0 Å². The lowest BCUT2D eigenvalue weighted by atomic mass is 10.1. The highest BCUT2D eigenvalue weighted by Crippen LogP contribution is 2.30. The van der Waals surface area contributed by atoms with Crippen molar-refractivity contribution in [1.29, 1.82) is 0 Å². The van der Waals surface area contributed by atoms with Gasteiger partial charge in [0, 0.05) is 89.2 Å². The Kier molecular flexibility index (Phi) is 19.5. The molecular formula is C40H45Cl4FN8O6. The van der Waals surface area contributed by atoms with E-state index in [-0.39, 0.29) is 29.3 Å². The first-order valence-corrected chi connectivity index (χ1v) is 20.4. The second-order valence-corrected chi connectivity index (χ2v) is 15.0. The minimum atomic E-state index is -0.987. The van der Waals surface area contributed by atoms with Crippen LogP contribution >= 0.6 is 46.4 Å². The molecule has 0 unspecified atom stereocenters. The van der Waals surface area contributed by atoms with Crippen molar-refractivity contribution in [1.82, 2.24) is 26.6 Å². The number of nitro benzene ring substituents is 2. The van der Waals surface area contributed by atoms with Crippen LogP contribution in [0.25, 0.3) is 0 Å². The number of hydrogen-bond donors (Lipinski definition) is 5. The summed E-state index contributed by atoms with van der Waals surface area (Å²) in [4.78, 5) is 47.4. The Labute approximate surface area is 361 Å². The molecule has 316 valence electrons. The summed E-state index contributed by atoms with van der Waals surface area (Å²) in [6.45, 7) is 8.36. The van der Waals surface area contributed by atoms with Gasteiger partial charge < -0.3 is 31.5 Å². The minimum absolute atomic E-state index is 0.0142. The second-order valence-electron chi connectivity index (χ2n) is 13.3. The van der Waals surface area contributed by atoms with E-state index in [2.05, 4.69) is 26.6 Å². The Bertz CT molecular complexity index is 2050. The molecule has 0 aromatic heterocycles. The summed E-state index contributed by atoms with van der Waals surface area (Å²) >= 11 is 23.8. The van der Waals surface area contributed by atoms with Crippen LogP contribution in [-0.2, 0) is 12.8 Å². The van der Waals surface area contributed by atoms with Crippen molar-refractivity contribution in [2.75, 3.05) is 70.3 Å². The number of anilines is 1. The Hall–Kier alpha value is -4.61. The maximum atomic E-state index is 13.2. The molecule has 2 fully saturated rings. The first kappa shape index (κ1) is 47.1. The van der Waals surface area contributed by atoms with Crippen LogP contribution in [0.1, 0.15) is 44.7 Å². The number of nitrogens with one attached hydrogen (secondary N) is 5. The summed E-state index contributed by atoms with van der Waals surface area (Å²) < 4.78 is 13.2. The van der Waals surface area contributed by atoms with Gasteiger partial charge in [0.15, 0.2) is 0 Å². The van der Waals surface area contributed by atoms with Gasteiger partial charge in [-0.3, -0.25) is 29.8 Å². The SMILES string of the molecule is C1CNCCNC1.O=C(NCCc1ccc(Cl)cc1Cl)c1ccc(F)c([N+](=O)[O-])c1.O=C(NCCc1ccc(Cl)cc1Cl)c1ccc(N2CCCNCC2)c([N+](=O)[O-])c1. The van der Waals surface area contributed by atoms with Gasteiger partial charge in [0.25, 0.3) is 17.5 Å². The summed E-state index contributed by atoms with van der Waals surface area (Å²) in [7, 11) is 0. The zero-order chi connectivity index (χ0) is 42.7. The van der Waals surface area contributed by atoms with Crippen LogP contribution in [0.3, 0.4) is 0 Å². The van der Waals surface area contributed by atoms with E-state index < -0.39 is 27.3 Å². The number of benzene rings is 4. The van der Waals surface area contributed by atoms with E-state index in [0.29, 0.717) is 51.7 Å².